The summed E-state index contributed by atoms with van der Waals surface area (Å²) in [5.74, 6) is 0.750. The highest BCUT2D eigenvalue weighted by molar-refractivity contribution is 5.96. The van der Waals surface area contributed by atoms with Crippen LogP contribution in [0.4, 0.5) is 0 Å². The minimum atomic E-state index is -0.254. The van der Waals surface area contributed by atoms with Crippen molar-refractivity contribution in [1.29, 1.82) is 0 Å². The number of ether oxygens (including phenoxy) is 1. The average molecular weight is 332 g/mol. The molecule has 0 atom stereocenters. The molecule has 1 N–H and O–H groups in total. The van der Waals surface area contributed by atoms with Gasteiger partial charge >= 0.3 is 0 Å². The van der Waals surface area contributed by atoms with Crippen LogP contribution in [0.2, 0.25) is 0 Å². The van der Waals surface area contributed by atoms with E-state index in [-0.39, 0.29) is 5.91 Å². The number of furan rings is 1. The Balaban J connectivity index is 1.36. The summed E-state index contributed by atoms with van der Waals surface area (Å²) in [6.45, 7) is 0.723. The van der Waals surface area contributed by atoms with Gasteiger partial charge in [-0.05, 0) is 24.3 Å². The van der Waals surface area contributed by atoms with Crippen LogP contribution in [0.5, 0.6) is 5.75 Å². The van der Waals surface area contributed by atoms with Gasteiger partial charge in [-0.2, -0.15) is 0 Å². The zero-order valence-electron chi connectivity index (χ0n) is 13.4. The highest BCUT2D eigenvalue weighted by Crippen LogP contribution is 2.22. The van der Waals surface area contributed by atoms with Gasteiger partial charge in [0.1, 0.15) is 23.5 Å². The molecule has 2 heterocycles. The van der Waals surface area contributed by atoms with Crippen molar-refractivity contribution in [3.8, 4) is 5.75 Å². The number of carbonyl (C=O) groups is 1. The van der Waals surface area contributed by atoms with Crippen molar-refractivity contribution in [2.45, 2.75) is 0 Å². The fraction of sp³-hybridized carbons (Fsp3) is 0.100. The Labute approximate surface area is 144 Å². The predicted molar refractivity (Wildman–Crippen MR) is 95.8 cm³/mol. The van der Waals surface area contributed by atoms with E-state index in [2.05, 4.69) is 10.3 Å². The third-order valence-electron chi connectivity index (χ3n) is 3.89. The normalized spacial score (nSPS) is 10.9. The van der Waals surface area contributed by atoms with Crippen LogP contribution in [-0.4, -0.2) is 24.0 Å². The molecule has 1 amide bonds. The van der Waals surface area contributed by atoms with Crippen LogP contribution >= 0.6 is 0 Å². The quantitative estimate of drug-likeness (QED) is 0.565. The first-order chi connectivity index (χ1) is 12.3. The number of pyridine rings is 1. The molecule has 0 saturated carbocycles. The van der Waals surface area contributed by atoms with Gasteiger partial charge in [-0.3, -0.25) is 9.78 Å². The zero-order chi connectivity index (χ0) is 17.1. The Bertz CT molecular complexity index is 1000. The smallest absolute Gasteiger partial charge is 0.287 e. The largest absolute Gasteiger partial charge is 0.489 e. The van der Waals surface area contributed by atoms with Gasteiger partial charge in [0.25, 0.3) is 5.91 Å². The lowest BCUT2D eigenvalue weighted by Gasteiger charge is -2.09. The van der Waals surface area contributed by atoms with Gasteiger partial charge in [0, 0.05) is 17.0 Å². The summed E-state index contributed by atoms with van der Waals surface area (Å²) < 4.78 is 11.3. The maximum absolute atomic E-state index is 12.2. The van der Waals surface area contributed by atoms with Crippen molar-refractivity contribution in [2.24, 2.45) is 0 Å². The van der Waals surface area contributed by atoms with E-state index in [1.165, 1.54) is 0 Å². The summed E-state index contributed by atoms with van der Waals surface area (Å²) in [5, 5.41) is 4.73. The van der Waals surface area contributed by atoms with Crippen LogP contribution in [0, 0.1) is 0 Å². The van der Waals surface area contributed by atoms with Gasteiger partial charge in [-0.15, -0.1) is 0 Å². The number of benzene rings is 2. The minimum absolute atomic E-state index is 0.254. The molecule has 0 radical (unpaired) electrons. The van der Waals surface area contributed by atoms with Gasteiger partial charge in [-0.1, -0.05) is 36.4 Å². The van der Waals surface area contributed by atoms with E-state index in [1.54, 1.807) is 12.3 Å². The first-order valence-corrected chi connectivity index (χ1v) is 8.04. The maximum Gasteiger partial charge on any atom is 0.287 e. The topological polar surface area (TPSA) is 64.4 Å². The summed E-state index contributed by atoms with van der Waals surface area (Å²) in [4.78, 5) is 16.5. The molecule has 124 valence electrons. The number of nitrogens with zero attached hydrogens (tertiary/aromatic N) is 1. The molecule has 4 rings (SSSR count). The van der Waals surface area contributed by atoms with Gasteiger partial charge in [0.05, 0.1) is 6.54 Å². The van der Waals surface area contributed by atoms with Crippen LogP contribution < -0.4 is 10.1 Å². The lowest BCUT2D eigenvalue weighted by molar-refractivity contribution is 0.0921. The van der Waals surface area contributed by atoms with Crippen LogP contribution in [-0.2, 0) is 0 Å². The number of para-hydroxylation sites is 2. The lowest BCUT2D eigenvalue weighted by Crippen LogP contribution is -2.27. The second-order valence-corrected chi connectivity index (χ2v) is 5.58. The number of hydrogen-bond donors (Lipinski definition) is 1. The van der Waals surface area contributed by atoms with Crippen molar-refractivity contribution in [3.63, 3.8) is 0 Å². The van der Waals surface area contributed by atoms with Crippen LogP contribution in [0.1, 0.15) is 10.6 Å². The summed E-state index contributed by atoms with van der Waals surface area (Å²) in [6, 6.07) is 18.9. The molecule has 0 aliphatic rings. The Morgan fingerprint density at radius 3 is 2.80 bits per heavy atom. The van der Waals surface area contributed by atoms with E-state index in [0.29, 0.717) is 30.2 Å². The van der Waals surface area contributed by atoms with Crippen molar-refractivity contribution in [2.75, 3.05) is 13.2 Å². The molecule has 0 saturated heterocycles. The van der Waals surface area contributed by atoms with Gasteiger partial charge in [0.15, 0.2) is 5.76 Å². The zero-order valence-corrected chi connectivity index (χ0v) is 13.4. The molecule has 5 heteroatoms. The van der Waals surface area contributed by atoms with Crippen molar-refractivity contribution < 1.29 is 13.9 Å². The molecule has 2 aromatic heterocycles. The summed E-state index contributed by atoms with van der Waals surface area (Å²) in [5.41, 5.74) is 1.51. The third-order valence-corrected chi connectivity index (χ3v) is 3.89. The maximum atomic E-state index is 12.2. The van der Waals surface area contributed by atoms with E-state index in [1.807, 2.05) is 54.6 Å². The second-order valence-electron chi connectivity index (χ2n) is 5.58. The van der Waals surface area contributed by atoms with Gasteiger partial charge < -0.3 is 14.5 Å². The Kier molecular flexibility index (Phi) is 4.04. The van der Waals surface area contributed by atoms with E-state index in [4.69, 9.17) is 9.15 Å². The van der Waals surface area contributed by atoms with Crippen LogP contribution in [0.15, 0.2) is 71.3 Å². The summed E-state index contributed by atoms with van der Waals surface area (Å²) in [7, 11) is 0. The molecule has 0 aliphatic carbocycles. The SMILES string of the molecule is O=C(NCCOc1cccc2cccnc12)c1cc2ccccc2o1. The molecule has 5 nitrogen and oxygen atoms in total. The van der Waals surface area contributed by atoms with E-state index < -0.39 is 0 Å². The lowest BCUT2D eigenvalue weighted by atomic mass is 10.2. The van der Waals surface area contributed by atoms with Gasteiger partial charge in [0.2, 0.25) is 0 Å². The molecule has 4 aromatic rings. The first-order valence-electron chi connectivity index (χ1n) is 8.04. The third kappa shape index (κ3) is 3.17. The molecule has 0 spiro atoms. The molecule has 0 fully saturated rings. The summed E-state index contributed by atoms with van der Waals surface area (Å²) in [6.07, 6.45) is 1.73. The van der Waals surface area contributed by atoms with Gasteiger partial charge in [-0.25, -0.2) is 0 Å². The van der Waals surface area contributed by atoms with Crippen LogP contribution in [0.25, 0.3) is 21.9 Å². The monoisotopic (exact) mass is 332 g/mol. The Morgan fingerprint density at radius 2 is 1.88 bits per heavy atom. The second kappa shape index (κ2) is 6.65. The molecule has 2 aromatic carbocycles. The fourth-order valence-corrected chi connectivity index (χ4v) is 2.70. The molecule has 25 heavy (non-hydrogen) atoms. The number of aromatic nitrogens is 1. The molecule has 0 unspecified atom stereocenters. The van der Waals surface area contributed by atoms with Crippen molar-refractivity contribution in [1.82, 2.24) is 10.3 Å². The molecule has 0 bridgehead atoms. The Morgan fingerprint density at radius 1 is 1.04 bits per heavy atom. The number of rotatable bonds is 5. The molecule has 0 aliphatic heterocycles. The molecular weight excluding hydrogens is 316 g/mol. The highest BCUT2D eigenvalue weighted by Gasteiger charge is 2.11. The number of fused-ring (bicyclic) bond motifs is 2. The van der Waals surface area contributed by atoms with E-state index >= 15 is 0 Å². The first kappa shape index (κ1) is 15.2. The Hall–Kier alpha value is -3.34. The predicted octanol–water partition coefficient (Wildman–Crippen LogP) is 3.79. The van der Waals surface area contributed by atoms with E-state index in [9.17, 15) is 4.79 Å². The number of nitrogens with one attached hydrogen (secondary N) is 1. The standard InChI is InChI=1S/C20H16N2O3/c23-20(18-13-15-5-1-2-8-16(15)25-18)22-11-12-24-17-9-3-6-14-7-4-10-21-19(14)17/h1-10,13H,11-12H2,(H,22,23). The highest BCUT2D eigenvalue weighted by atomic mass is 16.5. The van der Waals surface area contributed by atoms with Crippen molar-refractivity contribution >= 4 is 27.8 Å². The van der Waals surface area contributed by atoms with Crippen LogP contribution in [0.3, 0.4) is 0 Å². The number of hydrogen-bond acceptors (Lipinski definition) is 4. The average Bonchev–Trinajstić information content (AvgIpc) is 3.09. The molecular formula is C20H16N2O3. The minimum Gasteiger partial charge on any atom is -0.489 e. The summed E-state index contributed by atoms with van der Waals surface area (Å²) >= 11 is 0. The van der Waals surface area contributed by atoms with E-state index in [0.717, 1.165) is 16.3 Å². The fourth-order valence-electron chi connectivity index (χ4n) is 2.70. The number of amides is 1. The number of carbonyl (C=O) groups excluding carboxylic acids is 1. The van der Waals surface area contributed by atoms with Crippen molar-refractivity contribution in [3.05, 3.63) is 72.6 Å².